The molecule has 1 aromatic carbocycles. The molecular formula is C13H13FN4O. The van der Waals surface area contributed by atoms with Gasteiger partial charge in [0.1, 0.15) is 5.82 Å². The predicted octanol–water partition coefficient (Wildman–Crippen LogP) is 2.05. The number of nitrogens with zero attached hydrogens (tertiary/aromatic N) is 1. The van der Waals surface area contributed by atoms with E-state index in [0.29, 0.717) is 30.8 Å². The Hall–Kier alpha value is -2.37. The Morgan fingerprint density at radius 1 is 1.37 bits per heavy atom. The van der Waals surface area contributed by atoms with E-state index in [1.165, 1.54) is 6.07 Å². The summed E-state index contributed by atoms with van der Waals surface area (Å²) in [6.07, 6.45) is 4.23. The van der Waals surface area contributed by atoms with Crippen LogP contribution in [-0.2, 0) is 17.8 Å². The predicted molar refractivity (Wildman–Crippen MR) is 69.3 cm³/mol. The highest BCUT2D eigenvalue weighted by Gasteiger charge is 2.17. The number of imidazole rings is 1. The first-order valence-electron chi connectivity index (χ1n) is 6.06. The minimum Gasteiger partial charge on any atom is -0.377 e. The highest BCUT2D eigenvalue weighted by molar-refractivity contribution is 5.94. The second kappa shape index (κ2) is 4.72. The van der Waals surface area contributed by atoms with E-state index in [2.05, 4.69) is 20.6 Å². The van der Waals surface area contributed by atoms with Crippen molar-refractivity contribution in [1.29, 1.82) is 0 Å². The molecule has 2 aromatic rings. The van der Waals surface area contributed by atoms with Gasteiger partial charge in [0, 0.05) is 18.3 Å². The van der Waals surface area contributed by atoms with Gasteiger partial charge < -0.3 is 15.6 Å². The normalized spacial score (nSPS) is 13.8. The zero-order chi connectivity index (χ0) is 13.2. The Balaban J connectivity index is 1.81. The molecule has 1 aliphatic rings. The van der Waals surface area contributed by atoms with Crippen LogP contribution in [0.5, 0.6) is 0 Å². The summed E-state index contributed by atoms with van der Waals surface area (Å²) in [5, 5.41) is 5.74. The third-order valence-electron chi connectivity index (χ3n) is 3.11. The summed E-state index contributed by atoms with van der Waals surface area (Å²) in [7, 11) is 0. The smallest absolute Gasteiger partial charge is 0.224 e. The van der Waals surface area contributed by atoms with Crippen molar-refractivity contribution in [2.24, 2.45) is 0 Å². The number of hydrogen-bond acceptors (Lipinski definition) is 3. The molecule has 2 heterocycles. The van der Waals surface area contributed by atoms with Crippen molar-refractivity contribution in [2.75, 3.05) is 10.6 Å². The fraction of sp³-hybridized carbons (Fsp3) is 0.231. The topological polar surface area (TPSA) is 69.8 Å². The Kier molecular flexibility index (Phi) is 2.91. The number of fused-ring (bicyclic) bond motifs is 1. The van der Waals surface area contributed by atoms with Gasteiger partial charge >= 0.3 is 0 Å². The number of H-pyrrole nitrogens is 1. The lowest BCUT2D eigenvalue weighted by Gasteiger charge is -2.18. The first-order chi connectivity index (χ1) is 9.22. The second-order valence-corrected chi connectivity index (χ2v) is 4.47. The number of nitrogens with one attached hydrogen (secondary N) is 3. The van der Waals surface area contributed by atoms with E-state index in [-0.39, 0.29) is 11.7 Å². The average molecular weight is 260 g/mol. The number of anilines is 2. The Morgan fingerprint density at radius 3 is 3.05 bits per heavy atom. The Bertz CT molecular complexity index is 609. The summed E-state index contributed by atoms with van der Waals surface area (Å²) < 4.78 is 13.9. The van der Waals surface area contributed by atoms with Crippen molar-refractivity contribution in [3.63, 3.8) is 0 Å². The van der Waals surface area contributed by atoms with Crippen LogP contribution in [0.25, 0.3) is 0 Å². The van der Waals surface area contributed by atoms with Crippen LogP contribution in [0.3, 0.4) is 0 Å². The van der Waals surface area contributed by atoms with Crippen molar-refractivity contribution in [2.45, 2.75) is 19.4 Å². The lowest BCUT2D eigenvalue weighted by molar-refractivity contribution is -0.116. The maximum absolute atomic E-state index is 13.9. The van der Waals surface area contributed by atoms with Crippen LogP contribution in [0.1, 0.15) is 17.7 Å². The van der Waals surface area contributed by atoms with E-state index in [9.17, 15) is 9.18 Å². The second-order valence-electron chi connectivity index (χ2n) is 4.47. The summed E-state index contributed by atoms with van der Waals surface area (Å²) in [4.78, 5) is 18.1. The highest BCUT2D eigenvalue weighted by Crippen LogP contribution is 2.28. The zero-order valence-corrected chi connectivity index (χ0v) is 10.2. The van der Waals surface area contributed by atoms with E-state index in [4.69, 9.17) is 0 Å². The number of halogens is 1. The standard InChI is InChI=1S/C13H13FN4O/c14-10-3-8-1-2-13(19)18-11(8)4-12(10)16-6-9-5-15-7-17-9/h3-5,7,16H,1-2,6H2,(H,15,17)(H,18,19). The number of carbonyl (C=O) groups is 1. The molecule has 0 spiro atoms. The molecule has 0 bridgehead atoms. The highest BCUT2D eigenvalue weighted by atomic mass is 19.1. The first-order valence-corrected chi connectivity index (χ1v) is 6.06. The van der Waals surface area contributed by atoms with Crippen LogP contribution >= 0.6 is 0 Å². The SMILES string of the molecule is O=C1CCc2cc(F)c(NCc3cnc[nH]3)cc2N1. The molecule has 0 fully saturated rings. The molecule has 0 aliphatic carbocycles. The summed E-state index contributed by atoms with van der Waals surface area (Å²) in [5.74, 6) is -0.340. The first kappa shape index (κ1) is 11.7. The van der Waals surface area contributed by atoms with Crippen LogP contribution in [-0.4, -0.2) is 15.9 Å². The number of amides is 1. The molecule has 19 heavy (non-hydrogen) atoms. The third-order valence-corrected chi connectivity index (χ3v) is 3.11. The minimum absolute atomic E-state index is 0.0290. The lowest BCUT2D eigenvalue weighted by atomic mass is 10.0. The molecule has 0 radical (unpaired) electrons. The van der Waals surface area contributed by atoms with Crippen molar-refractivity contribution >= 4 is 17.3 Å². The quantitative estimate of drug-likeness (QED) is 0.791. The van der Waals surface area contributed by atoms with Crippen LogP contribution in [0.2, 0.25) is 0 Å². The van der Waals surface area contributed by atoms with Crippen molar-refractivity contribution in [1.82, 2.24) is 9.97 Å². The van der Waals surface area contributed by atoms with Gasteiger partial charge in [-0.3, -0.25) is 4.79 Å². The summed E-state index contributed by atoms with van der Waals surface area (Å²) >= 11 is 0. The van der Waals surface area contributed by atoms with Gasteiger partial charge in [-0.25, -0.2) is 9.37 Å². The van der Waals surface area contributed by atoms with Gasteiger partial charge in [0.2, 0.25) is 5.91 Å². The van der Waals surface area contributed by atoms with Gasteiger partial charge in [-0.1, -0.05) is 0 Å². The molecule has 0 atom stereocenters. The van der Waals surface area contributed by atoms with E-state index in [1.807, 2.05) is 0 Å². The number of aryl methyl sites for hydroxylation is 1. The molecule has 1 aromatic heterocycles. The van der Waals surface area contributed by atoms with E-state index < -0.39 is 0 Å². The molecule has 3 N–H and O–H groups in total. The minimum atomic E-state index is -0.311. The molecule has 0 saturated heterocycles. The van der Waals surface area contributed by atoms with Gasteiger partial charge in [-0.15, -0.1) is 0 Å². The molecular weight excluding hydrogens is 247 g/mol. The van der Waals surface area contributed by atoms with E-state index in [1.54, 1.807) is 18.6 Å². The summed E-state index contributed by atoms with van der Waals surface area (Å²) in [6, 6.07) is 3.11. The molecule has 5 nitrogen and oxygen atoms in total. The van der Waals surface area contributed by atoms with Crippen molar-refractivity contribution in [3.8, 4) is 0 Å². The average Bonchev–Trinajstić information content (AvgIpc) is 2.90. The van der Waals surface area contributed by atoms with Crippen LogP contribution in [0, 0.1) is 5.82 Å². The van der Waals surface area contributed by atoms with Gasteiger partial charge in [0.15, 0.2) is 0 Å². The van der Waals surface area contributed by atoms with Crippen molar-refractivity contribution < 1.29 is 9.18 Å². The van der Waals surface area contributed by atoms with E-state index >= 15 is 0 Å². The molecule has 1 aliphatic heterocycles. The fourth-order valence-corrected chi connectivity index (χ4v) is 2.11. The largest absolute Gasteiger partial charge is 0.377 e. The molecule has 3 rings (SSSR count). The number of rotatable bonds is 3. The molecule has 98 valence electrons. The Morgan fingerprint density at radius 2 is 2.26 bits per heavy atom. The van der Waals surface area contributed by atoms with Crippen LogP contribution in [0.15, 0.2) is 24.7 Å². The molecule has 0 saturated carbocycles. The van der Waals surface area contributed by atoms with Crippen LogP contribution in [0.4, 0.5) is 15.8 Å². The maximum atomic E-state index is 13.9. The summed E-state index contributed by atoms with van der Waals surface area (Å²) in [5.41, 5.74) is 2.76. The fourth-order valence-electron chi connectivity index (χ4n) is 2.11. The van der Waals surface area contributed by atoms with Crippen molar-refractivity contribution in [3.05, 3.63) is 41.7 Å². The third kappa shape index (κ3) is 2.42. The molecule has 0 unspecified atom stereocenters. The molecule has 1 amide bonds. The van der Waals surface area contributed by atoms with E-state index in [0.717, 1.165) is 11.3 Å². The van der Waals surface area contributed by atoms with Gasteiger partial charge in [0.05, 0.1) is 24.3 Å². The number of aromatic nitrogens is 2. The monoisotopic (exact) mass is 260 g/mol. The summed E-state index contributed by atoms with van der Waals surface area (Å²) in [6.45, 7) is 0.448. The number of hydrogen-bond donors (Lipinski definition) is 3. The number of benzene rings is 1. The van der Waals surface area contributed by atoms with Gasteiger partial charge in [-0.2, -0.15) is 0 Å². The Labute approximate surface area is 109 Å². The van der Waals surface area contributed by atoms with Gasteiger partial charge in [0.25, 0.3) is 0 Å². The lowest BCUT2D eigenvalue weighted by Crippen LogP contribution is -2.19. The van der Waals surface area contributed by atoms with Gasteiger partial charge in [-0.05, 0) is 24.1 Å². The van der Waals surface area contributed by atoms with Crippen LogP contribution < -0.4 is 10.6 Å². The zero-order valence-electron chi connectivity index (χ0n) is 10.2. The number of aromatic amines is 1. The molecule has 6 heteroatoms. The number of carbonyl (C=O) groups excluding carboxylic acids is 1. The maximum Gasteiger partial charge on any atom is 0.224 e.